The van der Waals surface area contributed by atoms with E-state index in [4.69, 9.17) is 0 Å². The lowest BCUT2D eigenvalue weighted by Crippen LogP contribution is -2.26. The van der Waals surface area contributed by atoms with Crippen LogP contribution in [0.1, 0.15) is 29.3 Å². The van der Waals surface area contributed by atoms with Gasteiger partial charge in [-0.25, -0.2) is 8.78 Å². The SMILES string of the molecule is Cc1cc(-c2ccc(F)c(C(F)(F)F)c2)n2c1C(O)C(F)CC2. The summed E-state index contributed by atoms with van der Waals surface area (Å²) in [6.45, 7) is 1.90. The van der Waals surface area contributed by atoms with E-state index in [2.05, 4.69) is 0 Å². The third-order valence-electron chi connectivity index (χ3n) is 4.16. The highest BCUT2D eigenvalue weighted by Crippen LogP contribution is 2.39. The first-order chi connectivity index (χ1) is 10.7. The minimum atomic E-state index is -4.80. The van der Waals surface area contributed by atoms with Crippen LogP contribution in [-0.4, -0.2) is 15.8 Å². The molecule has 0 fully saturated rings. The quantitative estimate of drug-likeness (QED) is 0.770. The van der Waals surface area contributed by atoms with E-state index < -0.39 is 29.8 Å². The fourth-order valence-electron chi connectivity index (χ4n) is 3.06. The highest BCUT2D eigenvalue weighted by Gasteiger charge is 2.35. The summed E-state index contributed by atoms with van der Waals surface area (Å²) < 4.78 is 67.3. The van der Waals surface area contributed by atoms with Gasteiger partial charge in [-0.15, -0.1) is 0 Å². The van der Waals surface area contributed by atoms with Crippen LogP contribution >= 0.6 is 0 Å². The first-order valence-corrected chi connectivity index (χ1v) is 7.09. The molecule has 2 unspecified atom stereocenters. The van der Waals surface area contributed by atoms with Crippen molar-refractivity contribution in [2.24, 2.45) is 0 Å². The van der Waals surface area contributed by atoms with E-state index in [0.717, 1.165) is 12.1 Å². The Morgan fingerprint density at radius 3 is 2.57 bits per heavy atom. The number of benzene rings is 1. The van der Waals surface area contributed by atoms with Gasteiger partial charge in [0.1, 0.15) is 18.1 Å². The Hall–Kier alpha value is -1.89. The molecule has 0 bridgehead atoms. The zero-order valence-electron chi connectivity index (χ0n) is 12.2. The Bertz CT molecular complexity index is 750. The first kappa shape index (κ1) is 16.0. The topological polar surface area (TPSA) is 25.2 Å². The van der Waals surface area contributed by atoms with Crippen LogP contribution in [0.5, 0.6) is 0 Å². The summed E-state index contributed by atoms with van der Waals surface area (Å²) in [5.74, 6) is -1.34. The number of halogens is 5. The molecule has 3 rings (SSSR count). The molecule has 124 valence electrons. The molecule has 0 spiro atoms. The summed E-state index contributed by atoms with van der Waals surface area (Å²) in [5, 5.41) is 9.96. The Kier molecular flexibility index (Phi) is 3.71. The number of hydrogen-bond acceptors (Lipinski definition) is 1. The molecule has 0 saturated heterocycles. The lowest BCUT2D eigenvalue weighted by atomic mass is 10.0. The molecule has 1 aromatic heterocycles. The average molecular weight is 331 g/mol. The third-order valence-corrected chi connectivity index (χ3v) is 4.16. The standard InChI is InChI=1S/C16H14F5NO/c1-8-6-13(22-5-4-12(18)15(23)14(8)22)9-2-3-11(17)10(7-9)16(19,20)21/h2-3,6-7,12,15,23H,4-5H2,1H3. The van der Waals surface area contributed by atoms with E-state index in [-0.39, 0.29) is 18.5 Å². The number of rotatable bonds is 1. The summed E-state index contributed by atoms with van der Waals surface area (Å²) in [7, 11) is 0. The lowest BCUT2D eigenvalue weighted by molar-refractivity contribution is -0.139. The maximum absolute atomic E-state index is 13.7. The summed E-state index contributed by atoms with van der Waals surface area (Å²) >= 11 is 0. The Morgan fingerprint density at radius 1 is 1.22 bits per heavy atom. The van der Waals surface area contributed by atoms with Crippen LogP contribution in [0.2, 0.25) is 0 Å². The summed E-state index contributed by atoms with van der Waals surface area (Å²) in [5.41, 5.74) is 0.193. The predicted octanol–water partition coefficient (Wildman–Crippen LogP) is 4.40. The van der Waals surface area contributed by atoms with Crippen LogP contribution in [0.4, 0.5) is 22.0 Å². The molecule has 1 N–H and O–H groups in total. The van der Waals surface area contributed by atoms with Crippen molar-refractivity contribution < 1.29 is 27.1 Å². The fourth-order valence-corrected chi connectivity index (χ4v) is 3.06. The van der Waals surface area contributed by atoms with Gasteiger partial charge in [0, 0.05) is 12.2 Å². The molecule has 1 aromatic carbocycles. The first-order valence-electron chi connectivity index (χ1n) is 7.09. The molecule has 1 aliphatic rings. The second kappa shape index (κ2) is 5.33. The minimum Gasteiger partial charge on any atom is -0.384 e. The van der Waals surface area contributed by atoms with Gasteiger partial charge in [-0.1, -0.05) is 0 Å². The average Bonchev–Trinajstić information content (AvgIpc) is 2.80. The van der Waals surface area contributed by atoms with Gasteiger partial charge < -0.3 is 9.67 Å². The second-order valence-corrected chi connectivity index (χ2v) is 5.69. The molecule has 2 atom stereocenters. The zero-order valence-corrected chi connectivity index (χ0v) is 12.2. The highest BCUT2D eigenvalue weighted by atomic mass is 19.4. The summed E-state index contributed by atoms with van der Waals surface area (Å²) in [6, 6.07) is 4.35. The molecule has 7 heteroatoms. The van der Waals surface area contributed by atoms with E-state index in [1.165, 1.54) is 6.07 Å². The van der Waals surface area contributed by atoms with Crippen molar-refractivity contribution in [3.05, 3.63) is 46.9 Å². The molecule has 2 aromatic rings. The summed E-state index contributed by atoms with van der Waals surface area (Å²) in [4.78, 5) is 0. The number of hydrogen-bond donors (Lipinski definition) is 1. The van der Waals surface area contributed by atoms with Crippen molar-refractivity contribution >= 4 is 0 Å². The molecular formula is C16H14F5NO. The van der Waals surface area contributed by atoms with Crippen LogP contribution in [-0.2, 0) is 12.7 Å². The van der Waals surface area contributed by atoms with E-state index in [1.807, 2.05) is 0 Å². The highest BCUT2D eigenvalue weighted by molar-refractivity contribution is 5.64. The Morgan fingerprint density at radius 2 is 1.91 bits per heavy atom. The maximum Gasteiger partial charge on any atom is 0.419 e. The Labute approximate surface area is 129 Å². The van der Waals surface area contributed by atoms with E-state index in [0.29, 0.717) is 17.0 Å². The molecule has 0 aliphatic carbocycles. The van der Waals surface area contributed by atoms with Crippen LogP contribution in [0.3, 0.4) is 0 Å². The maximum atomic E-state index is 13.7. The normalized spacial score (nSPS) is 21.3. The largest absolute Gasteiger partial charge is 0.419 e. The van der Waals surface area contributed by atoms with E-state index in [1.54, 1.807) is 17.6 Å². The van der Waals surface area contributed by atoms with Gasteiger partial charge in [0.05, 0.1) is 11.3 Å². The van der Waals surface area contributed by atoms with Gasteiger partial charge in [0.2, 0.25) is 0 Å². The van der Waals surface area contributed by atoms with E-state index >= 15 is 0 Å². The van der Waals surface area contributed by atoms with Gasteiger partial charge in [-0.2, -0.15) is 13.2 Å². The summed E-state index contributed by atoms with van der Waals surface area (Å²) in [6.07, 6.45) is -7.43. The monoisotopic (exact) mass is 331 g/mol. The number of aromatic nitrogens is 1. The Balaban J connectivity index is 2.15. The zero-order chi connectivity index (χ0) is 16.9. The predicted molar refractivity (Wildman–Crippen MR) is 74.0 cm³/mol. The number of nitrogens with zero attached hydrogens (tertiary/aromatic N) is 1. The van der Waals surface area contributed by atoms with E-state index in [9.17, 15) is 27.1 Å². The third kappa shape index (κ3) is 2.63. The molecule has 23 heavy (non-hydrogen) atoms. The molecule has 2 heterocycles. The molecule has 1 aliphatic heterocycles. The lowest BCUT2D eigenvalue weighted by Gasteiger charge is -2.26. The van der Waals surface area contributed by atoms with Crippen molar-refractivity contribution in [3.63, 3.8) is 0 Å². The van der Waals surface area contributed by atoms with Crippen LogP contribution in [0.15, 0.2) is 24.3 Å². The minimum absolute atomic E-state index is 0.0720. The van der Waals surface area contributed by atoms with Crippen LogP contribution in [0.25, 0.3) is 11.3 Å². The fraction of sp³-hybridized carbons (Fsp3) is 0.375. The van der Waals surface area contributed by atoms with Gasteiger partial charge in [-0.05, 0) is 48.7 Å². The van der Waals surface area contributed by atoms with Gasteiger partial charge in [-0.3, -0.25) is 0 Å². The number of aryl methyl sites for hydroxylation is 1. The van der Waals surface area contributed by atoms with Crippen molar-refractivity contribution in [2.45, 2.75) is 38.3 Å². The van der Waals surface area contributed by atoms with Crippen LogP contribution < -0.4 is 0 Å². The molecular weight excluding hydrogens is 317 g/mol. The second-order valence-electron chi connectivity index (χ2n) is 5.69. The number of fused-ring (bicyclic) bond motifs is 1. The number of aliphatic hydroxyl groups is 1. The molecule has 0 amide bonds. The van der Waals surface area contributed by atoms with Crippen molar-refractivity contribution in [1.82, 2.24) is 4.57 Å². The van der Waals surface area contributed by atoms with Crippen LogP contribution in [0, 0.1) is 12.7 Å². The van der Waals surface area contributed by atoms with Crippen molar-refractivity contribution in [2.75, 3.05) is 0 Å². The molecule has 0 radical (unpaired) electrons. The van der Waals surface area contributed by atoms with Gasteiger partial charge in [0.25, 0.3) is 0 Å². The van der Waals surface area contributed by atoms with Crippen molar-refractivity contribution in [3.8, 4) is 11.3 Å². The molecule has 0 saturated carbocycles. The molecule has 2 nitrogen and oxygen atoms in total. The number of aliphatic hydroxyl groups excluding tert-OH is 1. The smallest absolute Gasteiger partial charge is 0.384 e. The van der Waals surface area contributed by atoms with Gasteiger partial charge in [0.15, 0.2) is 0 Å². The van der Waals surface area contributed by atoms with Crippen molar-refractivity contribution in [1.29, 1.82) is 0 Å². The van der Waals surface area contributed by atoms with Gasteiger partial charge >= 0.3 is 6.18 Å². The number of alkyl halides is 4.